The first kappa shape index (κ1) is 17.0. The van der Waals surface area contributed by atoms with Gasteiger partial charge in [-0.2, -0.15) is 0 Å². The second kappa shape index (κ2) is 8.29. The summed E-state index contributed by atoms with van der Waals surface area (Å²) >= 11 is 0. The Hall–Kier alpha value is -2.04. The SMILES string of the molecule is CCC(C)NC(=O)CN(C)C(=O)COc1ccccc1C. The molecule has 0 aliphatic heterocycles. The lowest BCUT2D eigenvalue weighted by Gasteiger charge is -2.19. The lowest BCUT2D eigenvalue weighted by molar-refractivity contribution is -0.136. The van der Waals surface area contributed by atoms with E-state index in [1.54, 1.807) is 7.05 Å². The van der Waals surface area contributed by atoms with Crippen LogP contribution in [-0.2, 0) is 9.59 Å². The van der Waals surface area contributed by atoms with Gasteiger partial charge in [0, 0.05) is 13.1 Å². The molecule has 2 amide bonds. The van der Waals surface area contributed by atoms with Crippen molar-refractivity contribution in [3.05, 3.63) is 29.8 Å². The lowest BCUT2D eigenvalue weighted by Crippen LogP contribution is -2.42. The largest absolute Gasteiger partial charge is 0.484 e. The molecule has 1 N–H and O–H groups in total. The monoisotopic (exact) mass is 292 g/mol. The molecule has 0 radical (unpaired) electrons. The Kier molecular flexibility index (Phi) is 6.72. The van der Waals surface area contributed by atoms with Crippen LogP contribution in [0.15, 0.2) is 24.3 Å². The Labute approximate surface area is 126 Å². The number of nitrogens with one attached hydrogen (secondary N) is 1. The molecule has 0 heterocycles. The van der Waals surface area contributed by atoms with Crippen LogP contribution in [-0.4, -0.2) is 43.0 Å². The first-order valence-electron chi connectivity index (χ1n) is 7.15. The van der Waals surface area contributed by atoms with Gasteiger partial charge in [-0.25, -0.2) is 0 Å². The molecule has 5 heteroatoms. The molecule has 1 rings (SSSR count). The number of likely N-dealkylation sites (N-methyl/N-ethyl adjacent to an activating group) is 1. The van der Waals surface area contributed by atoms with Gasteiger partial charge < -0.3 is 15.0 Å². The van der Waals surface area contributed by atoms with Crippen LogP contribution >= 0.6 is 0 Å². The third-order valence-corrected chi connectivity index (χ3v) is 3.27. The molecule has 0 aliphatic carbocycles. The van der Waals surface area contributed by atoms with Crippen LogP contribution in [0, 0.1) is 6.92 Å². The molecule has 1 unspecified atom stereocenters. The fourth-order valence-electron chi connectivity index (χ4n) is 1.69. The van der Waals surface area contributed by atoms with E-state index in [9.17, 15) is 9.59 Å². The zero-order valence-corrected chi connectivity index (χ0v) is 13.2. The maximum atomic E-state index is 11.9. The number of benzene rings is 1. The van der Waals surface area contributed by atoms with E-state index < -0.39 is 0 Å². The number of carbonyl (C=O) groups is 2. The van der Waals surface area contributed by atoms with Crippen molar-refractivity contribution in [2.24, 2.45) is 0 Å². The quantitative estimate of drug-likeness (QED) is 0.833. The zero-order valence-electron chi connectivity index (χ0n) is 13.2. The normalized spacial score (nSPS) is 11.6. The van der Waals surface area contributed by atoms with Crippen LogP contribution in [0.4, 0.5) is 0 Å². The fourth-order valence-corrected chi connectivity index (χ4v) is 1.69. The van der Waals surface area contributed by atoms with Gasteiger partial charge in [0.2, 0.25) is 5.91 Å². The van der Waals surface area contributed by atoms with Gasteiger partial charge in [-0.1, -0.05) is 25.1 Å². The molecule has 0 spiro atoms. The number of para-hydroxylation sites is 1. The highest BCUT2D eigenvalue weighted by atomic mass is 16.5. The lowest BCUT2D eigenvalue weighted by atomic mass is 10.2. The van der Waals surface area contributed by atoms with E-state index in [1.165, 1.54) is 4.90 Å². The number of hydrogen-bond donors (Lipinski definition) is 1. The van der Waals surface area contributed by atoms with E-state index in [0.29, 0.717) is 5.75 Å². The summed E-state index contributed by atoms with van der Waals surface area (Å²) in [4.78, 5) is 25.0. The van der Waals surface area contributed by atoms with Crippen LogP contribution in [0.5, 0.6) is 5.75 Å². The van der Waals surface area contributed by atoms with Crippen LogP contribution in [0.2, 0.25) is 0 Å². The van der Waals surface area contributed by atoms with Gasteiger partial charge in [0.05, 0.1) is 6.54 Å². The van der Waals surface area contributed by atoms with Gasteiger partial charge in [0.15, 0.2) is 6.61 Å². The summed E-state index contributed by atoms with van der Waals surface area (Å²) in [5.74, 6) is 0.303. The molecule has 0 saturated heterocycles. The molecule has 5 nitrogen and oxygen atoms in total. The fraction of sp³-hybridized carbons (Fsp3) is 0.500. The zero-order chi connectivity index (χ0) is 15.8. The topological polar surface area (TPSA) is 58.6 Å². The Morgan fingerprint density at radius 1 is 1.33 bits per heavy atom. The average molecular weight is 292 g/mol. The van der Waals surface area contributed by atoms with Crippen molar-refractivity contribution in [3.63, 3.8) is 0 Å². The second-order valence-corrected chi connectivity index (χ2v) is 5.18. The minimum Gasteiger partial charge on any atom is -0.484 e. The molecular formula is C16H24N2O3. The molecule has 0 bridgehead atoms. The Morgan fingerprint density at radius 3 is 2.62 bits per heavy atom. The molecule has 0 aliphatic rings. The highest BCUT2D eigenvalue weighted by Gasteiger charge is 2.14. The summed E-state index contributed by atoms with van der Waals surface area (Å²) in [5.41, 5.74) is 0.975. The highest BCUT2D eigenvalue weighted by Crippen LogP contribution is 2.15. The van der Waals surface area contributed by atoms with Crippen molar-refractivity contribution in [2.75, 3.05) is 20.2 Å². The maximum Gasteiger partial charge on any atom is 0.260 e. The van der Waals surface area contributed by atoms with Crippen molar-refractivity contribution >= 4 is 11.8 Å². The van der Waals surface area contributed by atoms with Gasteiger partial charge in [0.25, 0.3) is 5.91 Å². The average Bonchev–Trinajstić information content (AvgIpc) is 2.45. The number of carbonyl (C=O) groups excluding carboxylic acids is 2. The summed E-state index contributed by atoms with van der Waals surface area (Å²) in [6.07, 6.45) is 0.861. The van der Waals surface area contributed by atoms with Crippen molar-refractivity contribution < 1.29 is 14.3 Å². The Balaban J connectivity index is 2.41. The van der Waals surface area contributed by atoms with Crippen molar-refractivity contribution in [1.29, 1.82) is 0 Å². The number of hydrogen-bond acceptors (Lipinski definition) is 3. The summed E-state index contributed by atoms with van der Waals surface area (Å²) in [6.45, 7) is 5.82. The Morgan fingerprint density at radius 2 is 2.00 bits per heavy atom. The van der Waals surface area contributed by atoms with Gasteiger partial charge in [-0.3, -0.25) is 9.59 Å². The number of nitrogens with zero attached hydrogens (tertiary/aromatic N) is 1. The van der Waals surface area contributed by atoms with Crippen molar-refractivity contribution in [2.45, 2.75) is 33.2 Å². The van der Waals surface area contributed by atoms with E-state index in [1.807, 2.05) is 45.0 Å². The van der Waals surface area contributed by atoms with E-state index in [2.05, 4.69) is 5.32 Å². The molecule has 0 saturated carbocycles. The molecule has 1 aromatic rings. The molecule has 116 valence electrons. The number of amides is 2. The minimum absolute atomic E-state index is 0.0420. The summed E-state index contributed by atoms with van der Waals surface area (Å²) < 4.78 is 5.48. The van der Waals surface area contributed by atoms with Gasteiger partial charge in [0.1, 0.15) is 5.75 Å². The number of rotatable bonds is 7. The summed E-state index contributed by atoms with van der Waals surface area (Å²) in [7, 11) is 1.60. The maximum absolute atomic E-state index is 11.9. The molecule has 0 aromatic heterocycles. The van der Waals surface area contributed by atoms with Crippen molar-refractivity contribution in [1.82, 2.24) is 10.2 Å². The van der Waals surface area contributed by atoms with Crippen molar-refractivity contribution in [3.8, 4) is 5.75 Å². The van der Waals surface area contributed by atoms with Crippen LogP contribution < -0.4 is 10.1 Å². The number of aryl methyl sites for hydroxylation is 1. The van der Waals surface area contributed by atoms with E-state index in [4.69, 9.17) is 4.74 Å². The summed E-state index contributed by atoms with van der Waals surface area (Å²) in [5, 5.41) is 2.82. The predicted molar refractivity (Wildman–Crippen MR) is 82.2 cm³/mol. The third kappa shape index (κ3) is 5.85. The van der Waals surface area contributed by atoms with Gasteiger partial charge >= 0.3 is 0 Å². The highest BCUT2D eigenvalue weighted by molar-refractivity contribution is 5.85. The molecule has 1 atom stereocenters. The minimum atomic E-state index is -0.224. The second-order valence-electron chi connectivity index (χ2n) is 5.18. The first-order chi connectivity index (χ1) is 9.93. The van der Waals surface area contributed by atoms with Crippen LogP contribution in [0.1, 0.15) is 25.8 Å². The molecular weight excluding hydrogens is 268 g/mol. The van der Waals surface area contributed by atoms with Crippen LogP contribution in [0.25, 0.3) is 0 Å². The number of ether oxygens (including phenoxy) is 1. The smallest absolute Gasteiger partial charge is 0.260 e. The third-order valence-electron chi connectivity index (χ3n) is 3.27. The van der Waals surface area contributed by atoms with E-state index in [0.717, 1.165) is 12.0 Å². The molecule has 21 heavy (non-hydrogen) atoms. The van der Waals surface area contributed by atoms with Gasteiger partial charge in [-0.15, -0.1) is 0 Å². The van der Waals surface area contributed by atoms with E-state index >= 15 is 0 Å². The van der Waals surface area contributed by atoms with Gasteiger partial charge in [-0.05, 0) is 31.9 Å². The molecule has 0 fully saturated rings. The first-order valence-corrected chi connectivity index (χ1v) is 7.15. The van der Waals surface area contributed by atoms with Crippen LogP contribution in [0.3, 0.4) is 0 Å². The predicted octanol–water partition coefficient (Wildman–Crippen LogP) is 1.75. The standard InChI is InChI=1S/C16H24N2O3/c1-5-13(3)17-15(19)10-18(4)16(20)11-21-14-9-7-6-8-12(14)2/h6-9,13H,5,10-11H2,1-4H3,(H,17,19). The summed E-state index contributed by atoms with van der Waals surface area (Å²) in [6, 6.07) is 7.62. The Bertz CT molecular complexity index is 488. The van der Waals surface area contributed by atoms with E-state index in [-0.39, 0.29) is 31.0 Å². The molecule has 1 aromatic carbocycles.